The first-order valence-corrected chi connectivity index (χ1v) is 8.63. The van der Waals surface area contributed by atoms with E-state index in [0.29, 0.717) is 29.6 Å². The van der Waals surface area contributed by atoms with Gasteiger partial charge in [0.15, 0.2) is 0 Å². The van der Waals surface area contributed by atoms with Gasteiger partial charge in [0.25, 0.3) is 0 Å². The van der Waals surface area contributed by atoms with Gasteiger partial charge in [0.1, 0.15) is 17.0 Å². The minimum absolute atomic E-state index is 0.0664. The average molecular weight is 376 g/mol. The first-order chi connectivity index (χ1) is 12.6. The summed E-state index contributed by atoms with van der Waals surface area (Å²) in [6.45, 7) is 5.68. The Morgan fingerprint density at radius 2 is 1.96 bits per heavy atom. The number of anilines is 1. The lowest BCUT2D eigenvalue weighted by Crippen LogP contribution is -2.45. The lowest BCUT2D eigenvalue weighted by atomic mass is 9.96. The molecule has 2 N–H and O–H groups in total. The molecule has 0 saturated carbocycles. The molecule has 0 aliphatic carbocycles. The van der Waals surface area contributed by atoms with Gasteiger partial charge in [-0.3, -0.25) is 4.90 Å². The molecule has 3 rings (SSSR count). The number of carbonyl (C=O) groups excluding carboxylic acids is 2. The van der Waals surface area contributed by atoms with Crippen molar-refractivity contribution in [2.45, 2.75) is 38.9 Å². The molecule has 8 heteroatoms. The number of phenolic OH excluding ortho intramolecular Hbond substituents is 1. The van der Waals surface area contributed by atoms with Crippen molar-refractivity contribution in [1.82, 2.24) is 4.98 Å². The Morgan fingerprint density at radius 3 is 2.56 bits per heavy atom. The predicted molar refractivity (Wildman–Crippen MR) is 99.4 cm³/mol. The molecule has 1 aliphatic heterocycles. The molecule has 1 aliphatic rings. The monoisotopic (exact) mass is 376 g/mol. The number of ether oxygens (including phenoxy) is 3. The topological polar surface area (TPSA) is 101 Å². The zero-order chi connectivity index (χ0) is 19.9. The highest BCUT2D eigenvalue weighted by molar-refractivity contribution is 6.02. The maximum atomic E-state index is 12.7. The molecule has 0 bridgehead atoms. The minimum atomic E-state index is -0.657. The van der Waals surface area contributed by atoms with Gasteiger partial charge in [-0.15, -0.1) is 0 Å². The van der Waals surface area contributed by atoms with Crippen LogP contribution in [0.4, 0.5) is 10.5 Å². The van der Waals surface area contributed by atoms with Gasteiger partial charge in [-0.1, -0.05) is 0 Å². The largest absolute Gasteiger partial charge is 0.506 e. The van der Waals surface area contributed by atoms with E-state index in [1.807, 2.05) is 0 Å². The number of carbonyl (C=O) groups is 2. The number of fused-ring (bicyclic) bond motifs is 3. The van der Waals surface area contributed by atoms with Crippen molar-refractivity contribution in [3.05, 3.63) is 23.4 Å². The smallest absolute Gasteiger partial charge is 0.414 e. The van der Waals surface area contributed by atoms with Crippen molar-refractivity contribution < 1.29 is 28.9 Å². The summed E-state index contributed by atoms with van der Waals surface area (Å²) in [6.07, 6.45) is -0.234. The van der Waals surface area contributed by atoms with Crippen molar-refractivity contribution in [1.29, 1.82) is 0 Å². The molecule has 8 nitrogen and oxygen atoms in total. The number of esters is 1. The van der Waals surface area contributed by atoms with Crippen LogP contribution in [0.2, 0.25) is 0 Å². The lowest BCUT2D eigenvalue weighted by molar-refractivity contribution is 0.0516. The zero-order valence-corrected chi connectivity index (χ0v) is 16.1. The highest BCUT2D eigenvalue weighted by atomic mass is 16.6. The van der Waals surface area contributed by atoms with Gasteiger partial charge in [-0.2, -0.15) is 0 Å². The molecule has 0 fully saturated rings. The molecule has 1 unspecified atom stereocenters. The number of aromatic amines is 1. The van der Waals surface area contributed by atoms with Crippen LogP contribution in [-0.4, -0.2) is 54.6 Å². The van der Waals surface area contributed by atoms with Gasteiger partial charge in [-0.05, 0) is 32.4 Å². The number of methoxy groups -OCH3 is 2. The number of aromatic hydroxyl groups is 1. The molecule has 1 aromatic carbocycles. The van der Waals surface area contributed by atoms with Crippen LogP contribution in [0, 0.1) is 0 Å². The van der Waals surface area contributed by atoms with Crippen LogP contribution in [0.1, 0.15) is 36.8 Å². The average Bonchev–Trinajstić information content (AvgIpc) is 3.05. The van der Waals surface area contributed by atoms with Crippen molar-refractivity contribution >= 4 is 28.7 Å². The highest BCUT2D eigenvalue weighted by Crippen LogP contribution is 2.40. The first-order valence-electron chi connectivity index (χ1n) is 8.63. The molecule has 0 spiro atoms. The van der Waals surface area contributed by atoms with Crippen LogP contribution in [0.15, 0.2) is 12.1 Å². The molecule has 27 heavy (non-hydrogen) atoms. The van der Waals surface area contributed by atoms with E-state index in [-0.39, 0.29) is 17.5 Å². The summed E-state index contributed by atoms with van der Waals surface area (Å²) in [5, 5.41) is 11.1. The number of hydrogen-bond acceptors (Lipinski definition) is 6. The number of phenols is 1. The molecule has 146 valence electrons. The van der Waals surface area contributed by atoms with E-state index in [1.165, 1.54) is 18.1 Å². The molecule has 1 atom stereocenters. The Bertz CT molecular complexity index is 896. The van der Waals surface area contributed by atoms with E-state index < -0.39 is 17.7 Å². The molecule has 1 amide bonds. The van der Waals surface area contributed by atoms with Crippen molar-refractivity contribution in [3.63, 3.8) is 0 Å². The van der Waals surface area contributed by atoms with Gasteiger partial charge in [0.2, 0.25) is 0 Å². The second-order valence-electron chi connectivity index (χ2n) is 7.51. The number of nitrogens with zero attached hydrogens (tertiary/aromatic N) is 1. The fourth-order valence-electron chi connectivity index (χ4n) is 3.24. The van der Waals surface area contributed by atoms with E-state index in [4.69, 9.17) is 14.2 Å². The van der Waals surface area contributed by atoms with Gasteiger partial charge in [0, 0.05) is 25.0 Å². The third-order valence-corrected chi connectivity index (χ3v) is 4.44. The summed E-state index contributed by atoms with van der Waals surface area (Å²) >= 11 is 0. The number of aromatic nitrogens is 1. The number of H-pyrrole nitrogens is 1. The molecule has 0 radical (unpaired) electrons. The summed E-state index contributed by atoms with van der Waals surface area (Å²) in [5.74, 6) is -0.606. The van der Waals surface area contributed by atoms with E-state index in [0.717, 1.165) is 5.56 Å². The highest BCUT2D eigenvalue weighted by Gasteiger charge is 2.34. The predicted octanol–water partition coefficient (Wildman–Crippen LogP) is 2.97. The maximum absolute atomic E-state index is 12.7. The second kappa shape index (κ2) is 6.77. The van der Waals surface area contributed by atoms with E-state index in [1.54, 1.807) is 33.9 Å². The Kier molecular flexibility index (Phi) is 4.77. The standard InChI is InChI=1S/C19H24N2O6/c1-19(2,3)27-18(24)21-9-10(25-4)6-11-12-7-13(17(23)26-5)20-16(12)15(22)8-14(11)21/h7-8,10,20,22H,6,9H2,1-5H3. The number of nitrogens with one attached hydrogen (secondary N) is 1. The van der Waals surface area contributed by atoms with Crippen molar-refractivity contribution in [3.8, 4) is 5.75 Å². The van der Waals surface area contributed by atoms with Gasteiger partial charge < -0.3 is 24.3 Å². The van der Waals surface area contributed by atoms with E-state index in [9.17, 15) is 14.7 Å². The molecule has 2 heterocycles. The zero-order valence-electron chi connectivity index (χ0n) is 16.1. The number of rotatable bonds is 2. The Hall–Kier alpha value is -2.74. The quantitative estimate of drug-likeness (QED) is 0.782. The summed E-state index contributed by atoms with van der Waals surface area (Å²) in [5.41, 5.74) is 1.31. The van der Waals surface area contributed by atoms with Gasteiger partial charge in [0.05, 0.1) is 31.0 Å². The second-order valence-corrected chi connectivity index (χ2v) is 7.51. The number of amides is 1. The Labute approximate surface area is 157 Å². The van der Waals surface area contributed by atoms with Crippen molar-refractivity contribution in [2.75, 3.05) is 25.7 Å². The molecule has 0 saturated heterocycles. The maximum Gasteiger partial charge on any atom is 0.414 e. The van der Waals surface area contributed by atoms with Gasteiger partial charge in [-0.25, -0.2) is 9.59 Å². The van der Waals surface area contributed by atoms with Crippen LogP contribution in [0.25, 0.3) is 10.9 Å². The van der Waals surface area contributed by atoms with Crippen LogP contribution in [0.5, 0.6) is 5.75 Å². The van der Waals surface area contributed by atoms with Crippen LogP contribution >= 0.6 is 0 Å². The van der Waals surface area contributed by atoms with Crippen molar-refractivity contribution in [2.24, 2.45) is 0 Å². The van der Waals surface area contributed by atoms with Crippen LogP contribution in [0.3, 0.4) is 0 Å². The molecule has 2 aromatic rings. The van der Waals surface area contributed by atoms with Crippen LogP contribution in [-0.2, 0) is 20.6 Å². The van der Waals surface area contributed by atoms with E-state index in [2.05, 4.69) is 4.98 Å². The van der Waals surface area contributed by atoms with E-state index >= 15 is 0 Å². The molecule has 1 aromatic heterocycles. The third kappa shape index (κ3) is 3.57. The van der Waals surface area contributed by atoms with Crippen LogP contribution < -0.4 is 4.90 Å². The summed E-state index contributed by atoms with van der Waals surface area (Å²) in [6, 6.07) is 3.12. The fraction of sp³-hybridized carbons (Fsp3) is 0.474. The number of hydrogen-bond donors (Lipinski definition) is 2. The summed E-state index contributed by atoms with van der Waals surface area (Å²) in [4.78, 5) is 28.9. The lowest BCUT2D eigenvalue weighted by Gasteiger charge is -2.35. The minimum Gasteiger partial charge on any atom is -0.506 e. The fourth-order valence-corrected chi connectivity index (χ4v) is 3.24. The summed E-state index contributed by atoms with van der Waals surface area (Å²) < 4.78 is 15.8. The SMILES string of the molecule is COC(=O)c1cc2c3c(cc(O)c2[nH]1)N(C(=O)OC(C)(C)C)CC(OC)C3. The first kappa shape index (κ1) is 19.0. The molecular formula is C19H24N2O6. The number of benzene rings is 1. The van der Waals surface area contributed by atoms with Gasteiger partial charge >= 0.3 is 12.1 Å². The third-order valence-electron chi connectivity index (χ3n) is 4.44. The molecular weight excluding hydrogens is 352 g/mol. The Balaban J connectivity index is 2.14. The summed E-state index contributed by atoms with van der Waals surface area (Å²) in [7, 11) is 2.87. The Morgan fingerprint density at radius 1 is 1.26 bits per heavy atom. The normalized spacial score (nSPS) is 16.9.